The Labute approximate surface area is 88.4 Å². The monoisotopic (exact) mass is 202 g/mol. The first kappa shape index (κ1) is 13.9. The van der Waals surface area contributed by atoms with Gasteiger partial charge in [-0.05, 0) is 26.2 Å². The zero-order valence-corrected chi connectivity index (χ0v) is 10.0. The van der Waals surface area contributed by atoms with Crippen LogP contribution < -0.4 is 11.3 Å². The number of hydrazine groups is 1. The second-order valence-corrected chi connectivity index (χ2v) is 4.38. The summed E-state index contributed by atoms with van der Waals surface area (Å²) in [6.45, 7) is 9.28. The Morgan fingerprint density at radius 2 is 1.93 bits per heavy atom. The standard InChI is InChI=1S/C11H26N2O/c1-5-6-10(4)7-11(13-12)8-14-9(2)3/h9-11,13H,5-8,12H2,1-4H3. The smallest absolute Gasteiger partial charge is 0.0636 e. The Bertz CT molecular complexity index is 128. The molecule has 0 bridgehead atoms. The molecule has 0 amide bonds. The largest absolute Gasteiger partial charge is 0.377 e. The molecule has 0 saturated heterocycles. The predicted octanol–water partition coefficient (Wildman–Crippen LogP) is 2.07. The predicted molar refractivity (Wildman–Crippen MR) is 60.9 cm³/mol. The molecule has 14 heavy (non-hydrogen) atoms. The van der Waals surface area contributed by atoms with Crippen LogP contribution in [0.15, 0.2) is 0 Å². The van der Waals surface area contributed by atoms with Crippen LogP contribution in [0.2, 0.25) is 0 Å². The maximum Gasteiger partial charge on any atom is 0.0636 e. The Morgan fingerprint density at radius 1 is 1.29 bits per heavy atom. The van der Waals surface area contributed by atoms with Crippen molar-refractivity contribution in [3.63, 3.8) is 0 Å². The molecular weight excluding hydrogens is 176 g/mol. The van der Waals surface area contributed by atoms with Crippen LogP contribution in [0.1, 0.15) is 47.0 Å². The third-order valence-electron chi connectivity index (χ3n) is 2.33. The Balaban J connectivity index is 3.66. The fourth-order valence-corrected chi connectivity index (χ4v) is 1.59. The third-order valence-corrected chi connectivity index (χ3v) is 2.33. The number of ether oxygens (including phenoxy) is 1. The van der Waals surface area contributed by atoms with Crippen molar-refractivity contribution in [2.75, 3.05) is 6.61 Å². The molecule has 0 aliphatic heterocycles. The molecule has 3 nitrogen and oxygen atoms in total. The SMILES string of the molecule is CCCC(C)CC(COC(C)C)NN. The van der Waals surface area contributed by atoms with Crippen molar-refractivity contribution >= 4 is 0 Å². The molecule has 86 valence electrons. The Kier molecular flexibility index (Phi) is 8.14. The molecule has 0 radical (unpaired) electrons. The molecule has 0 aromatic heterocycles. The summed E-state index contributed by atoms with van der Waals surface area (Å²) in [5.41, 5.74) is 2.82. The highest BCUT2D eigenvalue weighted by Gasteiger charge is 2.11. The first-order valence-corrected chi connectivity index (χ1v) is 5.67. The third kappa shape index (κ3) is 7.30. The van der Waals surface area contributed by atoms with Crippen molar-refractivity contribution in [2.24, 2.45) is 11.8 Å². The van der Waals surface area contributed by atoms with Gasteiger partial charge in [0.05, 0.1) is 12.7 Å². The minimum absolute atomic E-state index is 0.285. The lowest BCUT2D eigenvalue weighted by Gasteiger charge is -2.21. The van der Waals surface area contributed by atoms with Gasteiger partial charge >= 0.3 is 0 Å². The van der Waals surface area contributed by atoms with E-state index in [1.807, 2.05) is 13.8 Å². The van der Waals surface area contributed by atoms with Crippen LogP contribution in [0.3, 0.4) is 0 Å². The maximum atomic E-state index is 5.53. The van der Waals surface area contributed by atoms with Crippen molar-refractivity contribution in [3.8, 4) is 0 Å². The molecule has 0 spiro atoms. The topological polar surface area (TPSA) is 47.3 Å². The summed E-state index contributed by atoms with van der Waals surface area (Å²) in [6, 6.07) is 0.291. The van der Waals surface area contributed by atoms with Gasteiger partial charge in [-0.2, -0.15) is 0 Å². The molecular formula is C11H26N2O. The lowest BCUT2D eigenvalue weighted by molar-refractivity contribution is 0.0562. The summed E-state index contributed by atoms with van der Waals surface area (Å²) in [5, 5.41) is 0. The first-order chi connectivity index (χ1) is 6.60. The van der Waals surface area contributed by atoms with Gasteiger partial charge in [-0.1, -0.05) is 26.7 Å². The summed E-state index contributed by atoms with van der Waals surface area (Å²) < 4.78 is 5.53. The molecule has 0 aromatic rings. The van der Waals surface area contributed by atoms with Crippen LogP contribution in [0.25, 0.3) is 0 Å². The molecule has 0 rings (SSSR count). The Morgan fingerprint density at radius 3 is 2.36 bits per heavy atom. The van der Waals surface area contributed by atoms with Crippen molar-refractivity contribution in [2.45, 2.75) is 59.1 Å². The molecule has 0 heterocycles. The van der Waals surface area contributed by atoms with Gasteiger partial charge in [0.1, 0.15) is 0 Å². The fourth-order valence-electron chi connectivity index (χ4n) is 1.59. The van der Waals surface area contributed by atoms with Crippen molar-refractivity contribution in [3.05, 3.63) is 0 Å². The zero-order chi connectivity index (χ0) is 11.0. The maximum absolute atomic E-state index is 5.53. The van der Waals surface area contributed by atoms with Gasteiger partial charge in [0.2, 0.25) is 0 Å². The lowest BCUT2D eigenvalue weighted by atomic mass is 9.98. The van der Waals surface area contributed by atoms with Gasteiger partial charge in [-0.3, -0.25) is 11.3 Å². The molecule has 0 aliphatic carbocycles. The summed E-state index contributed by atoms with van der Waals surface area (Å²) in [4.78, 5) is 0. The van der Waals surface area contributed by atoms with Gasteiger partial charge in [-0.15, -0.1) is 0 Å². The summed E-state index contributed by atoms with van der Waals surface area (Å²) in [5.74, 6) is 6.19. The molecule has 3 N–H and O–H groups in total. The van der Waals surface area contributed by atoms with Crippen LogP contribution in [0, 0.1) is 5.92 Å². The van der Waals surface area contributed by atoms with Crippen LogP contribution >= 0.6 is 0 Å². The first-order valence-electron chi connectivity index (χ1n) is 5.67. The minimum atomic E-state index is 0.285. The van der Waals surface area contributed by atoms with E-state index in [0.29, 0.717) is 12.6 Å². The average molecular weight is 202 g/mol. The van der Waals surface area contributed by atoms with Crippen molar-refractivity contribution in [1.82, 2.24) is 5.43 Å². The highest BCUT2D eigenvalue weighted by molar-refractivity contribution is 4.67. The van der Waals surface area contributed by atoms with Gasteiger partial charge in [0.15, 0.2) is 0 Å². The molecule has 0 aromatic carbocycles. The molecule has 2 atom stereocenters. The molecule has 0 fully saturated rings. The van der Waals surface area contributed by atoms with E-state index in [1.54, 1.807) is 0 Å². The van der Waals surface area contributed by atoms with E-state index in [-0.39, 0.29) is 6.10 Å². The highest BCUT2D eigenvalue weighted by atomic mass is 16.5. The number of nitrogens with one attached hydrogen (secondary N) is 1. The highest BCUT2D eigenvalue weighted by Crippen LogP contribution is 2.12. The molecule has 2 unspecified atom stereocenters. The lowest BCUT2D eigenvalue weighted by Crippen LogP contribution is -2.40. The van der Waals surface area contributed by atoms with Gasteiger partial charge in [0, 0.05) is 6.04 Å². The quantitative estimate of drug-likeness (QED) is 0.468. The van der Waals surface area contributed by atoms with Crippen molar-refractivity contribution in [1.29, 1.82) is 0 Å². The van der Waals surface area contributed by atoms with E-state index in [4.69, 9.17) is 10.6 Å². The van der Waals surface area contributed by atoms with E-state index >= 15 is 0 Å². The second-order valence-electron chi connectivity index (χ2n) is 4.38. The minimum Gasteiger partial charge on any atom is -0.377 e. The molecule has 0 saturated carbocycles. The molecule has 0 aliphatic rings. The van der Waals surface area contributed by atoms with E-state index in [0.717, 1.165) is 12.3 Å². The number of hydrogen-bond donors (Lipinski definition) is 2. The van der Waals surface area contributed by atoms with Gasteiger partial charge < -0.3 is 4.74 Å². The normalized spacial score (nSPS) is 15.9. The van der Waals surface area contributed by atoms with Crippen LogP contribution in [-0.2, 0) is 4.74 Å². The summed E-state index contributed by atoms with van der Waals surface area (Å²) in [6.07, 6.45) is 3.88. The molecule has 3 heteroatoms. The van der Waals surface area contributed by atoms with Crippen LogP contribution in [0.4, 0.5) is 0 Å². The van der Waals surface area contributed by atoms with E-state index in [2.05, 4.69) is 19.3 Å². The van der Waals surface area contributed by atoms with Gasteiger partial charge in [0.25, 0.3) is 0 Å². The zero-order valence-electron chi connectivity index (χ0n) is 10.0. The van der Waals surface area contributed by atoms with Gasteiger partial charge in [-0.25, -0.2) is 0 Å². The summed E-state index contributed by atoms with van der Waals surface area (Å²) in [7, 11) is 0. The van der Waals surface area contributed by atoms with Crippen LogP contribution in [0.5, 0.6) is 0 Å². The number of nitrogens with two attached hydrogens (primary N) is 1. The average Bonchev–Trinajstić information content (AvgIpc) is 2.12. The number of hydrogen-bond acceptors (Lipinski definition) is 3. The Hall–Kier alpha value is -0.120. The second kappa shape index (κ2) is 8.21. The van der Waals surface area contributed by atoms with E-state index < -0.39 is 0 Å². The number of rotatable bonds is 8. The summed E-state index contributed by atoms with van der Waals surface area (Å²) >= 11 is 0. The van der Waals surface area contributed by atoms with Crippen molar-refractivity contribution < 1.29 is 4.74 Å². The van der Waals surface area contributed by atoms with Crippen LogP contribution in [-0.4, -0.2) is 18.8 Å². The van der Waals surface area contributed by atoms with E-state index in [1.165, 1.54) is 12.8 Å². The van der Waals surface area contributed by atoms with E-state index in [9.17, 15) is 0 Å². The fraction of sp³-hybridized carbons (Fsp3) is 1.00.